The van der Waals surface area contributed by atoms with E-state index in [1.807, 2.05) is 0 Å². The summed E-state index contributed by atoms with van der Waals surface area (Å²) in [4.78, 5) is 0. The summed E-state index contributed by atoms with van der Waals surface area (Å²) >= 11 is 5.19. The molecule has 84 valence electrons. The van der Waals surface area contributed by atoms with Crippen LogP contribution in [0.2, 0.25) is 0 Å². The minimum Gasteiger partial charge on any atom is -0.306 e. The molecule has 0 aliphatic heterocycles. The van der Waals surface area contributed by atoms with E-state index >= 15 is 0 Å². The third-order valence-corrected chi connectivity index (χ3v) is 3.82. The average Bonchev–Trinajstić information content (AvgIpc) is 2.80. The molecule has 1 unspecified atom stereocenters. The van der Waals surface area contributed by atoms with Crippen LogP contribution in [0.5, 0.6) is 0 Å². The second-order valence-corrected chi connectivity index (χ2v) is 5.48. The topological polar surface area (TPSA) is 12.0 Å². The molecule has 0 fully saturated rings. The molecule has 16 heavy (non-hydrogen) atoms. The van der Waals surface area contributed by atoms with Crippen LogP contribution in [0.4, 0.5) is 0 Å². The fourth-order valence-electron chi connectivity index (χ4n) is 1.53. The monoisotopic (exact) mass is 295 g/mol. The van der Waals surface area contributed by atoms with Crippen molar-refractivity contribution in [3.8, 4) is 0 Å². The maximum absolute atomic E-state index is 3.51. The predicted octanol–water partition coefficient (Wildman–Crippen LogP) is 4.36. The van der Waals surface area contributed by atoms with Crippen molar-refractivity contribution in [1.82, 2.24) is 5.32 Å². The first-order chi connectivity index (χ1) is 7.75. The van der Waals surface area contributed by atoms with Gasteiger partial charge >= 0.3 is 0 Å². The SMILES string of the molecule is CC(NCc1ccsc1)c1ccc(Br)cc1. The van der Waals surface area contributed by atoms with Gasteiger partial charge in [0.05, 0.1) is 0 Å². The van der Waals surface area contributed by atoms with Gasteiger partial charge in [-0.3, -0.25) is 0 Å². The van der Waals surface area contributed by atoms with Crippen LogP contribution in [0, 0.1) is 0 Å². The minimum absolute atomic E-state index is 0.382. The summed E-state index contributed by atoms with van der Waals surface area (Å²) in [6.07, 6.45) is 0. The Hall–Kier alpha value is -0.640. The van der Waals surface area contributed by atoms with Crippen LogP contribution >= 0.6 is 27.3 Å². The Labute approximate surface area is 109 Å². The van der Waals surface area contributed by atoms with E-state index in [4.69, 9.17) is 0 Å². The van der Waals surface area contributed by atoms with Gasteiger partial charge in [0.25, 0.3) is 0 Å². The summed E-state index contributed by atoms with van der Waals surface area (Å²) in [5.41, 5.74) is 2.67. The summed E-state index contributed by atoms with van der Waals surface area (Å²) < 4.78 is 1.13. The highest BCUT2D eigenvalue weighted by atomic mass is 79.9. The average molecular weight is 296 g/mol. The van der Waals surface area contributed by atoms with E-state index in [0.717, 1.165) is 11.0 Å². The molecule has 0 radical (unpaired) electrons. The van der Waals surface area contributed by atoms with Crippen molar-refractivity contribution in [2.75, 3.05) is 0 Å². The molecule has 0 aliphatic carbocycles. The highest BCUT2D eigenvalue weighted by Crippen LogP contribution is 2.17. The van der Waals surface area contributed by atoms with Crippen LogP contribution in [0.1, 0.15) is 24.1 Å². The van der Waals surface area contributed by atoms with E-state index in [1.165, 1.54) is 11.1 Å². The molecule has 0 saturated carbocycles. The van der Waals surface area contributed by atoms with Crippen molar-refractivity contribution in [3.05, 3.63) is 56.7 Å². The Balaban J connectivity index is 1.93. The number of benzene rings is 1. The summed E-state index contributed by atoms with van der Waals surface area (Å²) in [6, 6.07) is 11.0. The maximum atomic E-state index is 3.51. The van der Waals surface area contributed by atoms with Crippen molar-refractivity contribution in [3.63, 3.8) is 0 Å². The van der Waals surface area contributed by atoms with Gasteiger partial charge in [0.1, 0.15) is 0 Å². The molecule has 0 spiro atoms. The number of hydrogen-bond donors (Lipinski definition) is 1. The van der Waals surface area contributed by atoms with Crippen LogP contribution in [0.15, 0.2) is 45.6 Å². The van der Waals surface area contributed by atoms with Crippen LogP contribution in [-0.4, -0.2) is 0 Å². The van der Waals surface area contributed by atoms with E-state index in [9.17, 15) is 0 Å². The molecule has 2 rings (SSSR count). The van der Waals surface area contributed by atoms with Gasteiger partial charge in [-0.05, 0) is 47.0 Å². The first kappa shape index (κ1) is 11.8. The smallest absolute Gasteiger partial charge is 0.0294 e. The number of nitrogens with one attached hydrogen (secondary N) is 1. The zero-order valence-electron chi connectivity index (χ0n) is 9.11. The third-order valence-electron chi connectivity index (χ3n) is 2.56. The fourth-order valence-corrected chi connectivity index (χ4v) is 2.47. The van der Waals surface area contributed by atoms with Gasteiger partial charge in [-0.15, -0.1) is 0 Å². The van der Waals surface area contributed by atoms with Crippen LogP contribution in [-0.2, 0) is 6.54 Å². The van der Waals surface area contributed by atoms with Crippen LogP contribution < -0.4 is 5.32 Å². The summed E-state index contributed by atoms with van der Waals surface area (Å²) in [5, 5.41) is 7.81. The Bertz CT molecular complexity index is 422. The molecular weight excluding hydrogens is 282 g/mol. The summed E-state index contributed by atoms with van der Waals surface area (Å²) in [6.45, 7) is 3.12. The molecule has 0 amide bonds. The van der Waals surface area contributed by atoms with E-state index in [1.54, 1.807) is 11.3 Å². The van der Waals surface area contributed by atoms with Crippen molar-refractivity contribution >= 4 is 27.3 Å². The predicted molar refractivity (Wildman–Crippen MR) is 73.7 cm³/mol. The Morgan fingerprint density at radius 2 is 2.00 bits per heavy atom. The molecule has 2 aromatic rings. The lowest BCUT2D eigenvalue weighted by molar-refractivity contribution is 0.575. The van der Waals surface area contributed by atoms with Gasteiger partial charge in [0.15, 0.2) is 0 Å². The van der Waals surface area contributed by atoms with Crippen molar-refractivity contribution in [2.45, 2.75) is 19.5 Å². The quantitative estimate of drug-likeness (QED) is 0.884. The molecule has 1 atom stereocenters. The van der Waals surface area contributed by atoms with E-state index in [-0.39, 0.29) is 0 Å². The lowest BCUT2D eigenvalue weighted by atomic mass is 10.1. The maximum Gasteiger partial charge on any atom is 0.0294 e. The second kappa shape index (κ2) is 5.62. The zero-order chi connectivity index (χ0) is 11.4. The summed E-state index contributed by atoms with van der Waals surface area (Å²) in [5.74, 6) is 0. The molecule has 0 saturated heterocycles. The Morgan fingerprint density at radius 3 is 2.62 bits per heavy atom. The zero-order valence-corrected chi connectivity index (χ0v) is 11.5. The number of hydrogen-bond acceptors (Lipinski definition) is 2. The van der Waals surface area contributed by atoms with Crippen molar-refractivity contribution in [1.29, 1.82) is 0 Å². The number of thiophene rings is 1. The third kappa shape index (κ3) is 3.17. The number of rotatable bonds is 4. The van der Waals surface area contributed by atoms with E-state index < -0.39 is 0 Å². The van der Waals surface area contributed by atoms with Gasteiger partial charge in [-0.2, -0.15) is 11.3 Å². The largest absolute Gasteiger partial charge is 0.306 e. The van der Waals surface area contributed by atoms with Gasteiger partial charge < -0.3 is 5.32 Å². The van der Waals surface area contributed by atoms with Crippen molar-refractivity contribution < 1.29 is 0 Å². The lowest BCUT2D eigenvalue weighted by Crippen LogP contribution is -2.17. The Morgan fingerprint density at radius 1 is 1.25 bits per heavy atom. The standard InChI is InChI=1S/C13H14BrNS/c1-10(12-2-4-13(14)5-3-12)15-8-11-6-7-16-9-11/h2-7,9-10,15H,8H2,1H3. The minimum atomic E-state index is 0.382. The van der Waals surface area contributed by atoms with Gasteiger partial charge in [0.2, 0.25) is 0 Å². The molecule has 1 N–H and O–H groups in total. The van der Waals surface area contributed by atoms with Gasteiger partial charge in [-0.1, -0.05) is 28.1 Å². The molecule has 1 nitrogen and oxygen atoms in total. The molecular formula is C13H14BrNS. The lowest BCUT2D eigenvalue weighted by Gasteiger charge is -2.13. The van der Waals surface area contributed by atoms with Gasteiger partial charge in [-0.25, -0.2) is 0 Å². The molecule has 1 aromatic carbocycles. The molecule has 1 aromatic heterocycles. The summed E-state index contributed by atoms with van der Waals surface area (Å²) in [7, 11) is 0. The molecule has 3 heteroatoms. The Kier molecular flexibility index (Phi) is 4.16. The first-order valence-electron chi connectivity index (χ1n) is 5.25. The van der Waals surface area contributed by atoms with Crippen molar-refractivity contribution in [2.24, 2.45) is 0 Å². The number of halogens is 1. The van der Waals surface area contributed by atoms with E-state index in [0.29, 0.717) is 6.04 Å². The van der Waals surface area contributed by atoms with Crippen LogP contribution in [0.3, 0.4) is 0 Å². The molecule has 1 heterocycles. The first-order valence-corrected chi connectivity index (χ1v) is 6.99. The second-order valence-electron chi connectivity index (χ2n) is 3.79. The highest BCUT2D eigenvalue weighted by Gasteiger charge is 2.04. The molecule has 0 aliphatic rings. The normalized spacial score (nSPS) is 12.6. The van der Waals surface area contributed by atoms with Crippen LogP contribution in [0.25, 0.3) is 0 Å². The highest BCUT2D eigenvalue weighted by molar-refractivity contribution is 9.10. The fraction of sp³-hybridized carbons (Fsp3) is 0.231. The van der Waals surface area contributed by atoms with E-state index in [2.05, 4.69) is 69.3 Å². The molecule has 0 bridgehead atoms. The van der Waals surface area contributed by atoms with Gasteiger partial charge in [0, 0.05) is 17.1 Å².